The maximum Gasteiger partial charge on any atom is 0.222 e. The fourth-order valence-electron chi connectivity index (χ4n) is 6.74. The molecule has 0 aromatic carbocycles. The van der Waals surface area contributed by atoms with Crippen molar-refractivity contribution in [1.29, 1.82) is 0 Å². The molecule has 0 aromatic heterocycles. The molecule has 0 aromatic rings. The molecule has 1 amide bonds. The largest absolute Gasteiger partial charge is 0.389 e. The number of carbonyl (C=O) groups excluding carboxylic acids is 1. The molecule has 6 aliphatic rings. The van der Waals surface area contributed by atoms with E-state index in [0.29, 0.717) is 37.4 Å². The second-order valence-corrected chi connectivity index (χ2v) is 9.77. The van der Waals surface area contributed by atoms with E-state index in [9.17, 15) is 9.90 Å². The monoisotopic (exact) mass is 375 g/mol. The van der Waals surface area contributed by atoms with Gasteiger partial charge in [-0.2, -0.15) is 0 Å². The van der Waals surface area contributed by atoms with Gasteiger partial charge in [-0.1, -0.05) is 6.08 Å². The number of carbonyl (C=O) groups is 1. The number of amides is 1. The minimum absolute atomic E-state index is 0.153. The normalized spacial score (nSPS) is 46.0. The van der Waals surface area contributed by atoms with Crippen molar-refractivity contribution >= 4 is 5.91 Å². The molecule has 0 radical (unpaired) electrons. The number of ether oxygens (including phenoxy) is 2. The Bertz CT molecular complexity index is 642. The Morgan fingerprint density at radius 3 is 2.93 bits per heavy atom. The van der Waals surface area contributed by atoms with Gasteiger partial charge in [-0.3, -0.25) is 4.79 Å². The third kappa shape index (κ3) is 2.97. The van der Waals surface area contributed by atoms with E-state index < -0.39 is 0 Å². The van der Waals surface area contributed by atoms with Crippen molar-refractivity contribution in [3.63, 3.8) is 0 Å². The van der Waals surface area contributed by atoms with E-state index in [4.69, 9.17) is 9.47 Å². The molecule has 6 rings (SSSR count). The number of hydrogen-bond acceptors (Lipinski definition) is 4. The Labute approximate surface area is 162 Å². The maximum atomic E-state index is 12.6. The highest BCUT2D eigenvalue weighted by molar-refractivity contribution is 5.76. The predicted molar refractivity (Wildman–Crippen MR) is 101 cm³/mol. The lowest BCUT2D eigenvalue weighted by atomic mass is 9.50. The highest BCUT2D eigenvalue weighted by Gasteiger charge is 2.61. The molecule has 6 unspecified atom stereocenters. The summed E-state index contributed by atoms with van der Waals surface area (Å²) in [6.45, 7) is 4.97. The summed E-state index contributed by atoms with van der Waals surface area (Å²) >= 11 is 0. The van der Waals surface area contributed by atoms with Gasteiger partial charge < -0.3 is 19.5 Å². The number of aliphatic hydroxyl groups excluding tert-OH is 1. The molecule has 5 heteroatoms. The molecule has 150 valence electrons. The Hall–Kier alpha value is -0.910. The molecule has 2 aliphatic heterocycles. The van der Waals surface area contributed by atoms with Crippen LogP contribution in [-0.2, 0) is 14.3 Å². The van der Waals surface area contributed by atoms with Gasteiger partial charge in [0, 0.05) is 19.5 Å². The van der Waals surface area contributed by atoms with Crippen LogP contribution >= 0.6 is 0 Å². The minimum Gasteiger partial charge on any atom is -0.389 e. The second kappa shape index (κ2) is 6.57. The highest BCUT2D eigenvalue weighted by atomic mass is 16.5. The molecule has 6 atom stereocenters. The van der Waals surface area contributed by atoms with Crippen molar-refractivity contribution in [3.8, 4) is 0 Å². The molecule has 5 fully saturated rings. The van der Waals surface area contributed by atoms with E-state index in [0.717, 1.165) is 45.2 Å². The lowest BCUT2D eigenvalue weighted by Gasteiger charge is -2.63. The van der Waals surface area contributed by atoms with Crippen LogP contribution in [0.25, 0.3) is 0 Å². The third-order valence-corrected chi connectivity index (χ3v) is 8.14. The van der Waals surface area contributed by atoms with Crippen LogP contribution < -0.4 is 0 Å². The Morgan fingerprint density at radius 1 is 1.33 bits per heavy atom. The number of fused-ring (bicyclic) bond motifs is 1. The zero-order valence-corrected chi connectivity index (χ0v) is 16.5. The standard InChI is InChI=1S/C22H33NO4/c1-21(7-5-20(25)23-8-10-26-11-9-23)6-4-16-13-19(24)17-12-15-2-3-18(17)22(16,14-15)27-21/h13,15,17-19,24H,2-12,14H2,1H3. The summed E-state index contributed by atoms with van der Waals surface area (Å²) in [5.74, 6) is 1.77. The SMILES string of the molecule is CC1(CCC(=O)N2CCOCC2)CCC2=CC(O)C3CC4CCC3C2(C4)O1. The van der Waals surface area contributed by atoms with Crippen LogP contribution in [0.1, 0.15) is 58.3 Å². The van der Waals surface area contributed by atoms with Gasteiger partial charge in [-0.05, 0) is 75.2 Å². The van der Waals surface area contributed by atoms with Crippen LogP contribution in [0.5, 0.6) is 0 Å². The summed E-state index contributed by atoms with van der Waals surface area (Å²) in [5.41, 5.74) is 0.974. The first-order valence-corrected chi connectivity index (χ1v) is 10.9. The van der Waals surface area contributed by atoms with Gasteiger partial charge in [-0.25, -0.2) is 0 Å². The van der Waals surface area contributed by atoms with E-state index >= 15 is 0 Å². The first-order valence-electron chi connectivity index (χ1n) is 10.9. The van der Waals surface area contributed by atoms with E-state index in [-0.39, 0.29) is 23.2 Å². The van der Waals surface area contributed by atoms with Crippen molar-refractivity contribution in [2.75, 3.05) is 26.3 Å². The minimum atomic E-state index is -0.280. The smallest absolute Gasteiger partial charge is 0.222 e. The predicted octanol–water partition coefficient (Wildman–Crippen LogP) is 2.67. The lowest BCUT2D eigenvalue weighted by Crippen LogP contribution is -2.63. The van der Waals surface area contributed by atoms with Crippen LogP contribution in [0.15, 0.2) is 11.6 Å². The third-order valence-electron chi connectivity index (χ3n) is 8.14. The van der Waals surface area contributed by atoms with E-state index in [1.807, 2.05) is 4.90 Å². The van der Waals surface area contributed by atoms with Crippen molar-refractivity contribution in [2.45, 2.75) is 75.6 Å². The van der Waals surface area contributed by atoms with Gasteiger partial charge >= 0.3 is 0 Å². The van der Waals surface area contributed by atoms with Crippen LogP contribution in [0, 0.1) is 17.8 Å². The summed E-state index contributed by atoms with van der Waals surface area (Å²) in [6.07, 6.45) is 9.92. The fourth-order valence-corrected chi connectivity index (χ4v) is 6.74. The summed E-state index contributed by atoms with van der Waals surface area (Å²) < 4.78 is 12.3. The van der Waals surface area contributed by atoms with Gasteiger partial charge in [0.05, 0.1) is 30.5 Å². The number of hydrogen-bond donors (Lipinski definition) is 1. The van der Waals surface area contributed by atoms with Crippen molar-refractivity contribution < 1.29 is 19.4 Å². The zero-order valence-electron chi connectivity index (χ0n) is 16.5. The topological polar surface area (TPSA) is 59.0 Å². The first-order chi connectivity index (χ1) is 13.0. The van der Waals surface area contributed by atoms with Gasteiger partial charge in [0.1, 0.15) is 0 Å². The Kier molecular flexibility index (Phi) is 4.41. The molecule has 4 bridgehead atoms. The molecule has 3 saturated carbocycles. The number of aliphatic hydroxyl groups is 1. The van der Waals surface area contributed by atoms with Crippen molar-refractivity contribution in [2.24, 2.45) is 17.8 Å². The van der Waals surface area contributed by atoms with Gasteiger partial charge in [0.25, 0.3) is 0 Å². The average molecular weight is 376 g/mol. The zero-order chi connectivity index (χ0) is 18.6. The molecule has 1 spiro atoms. The number of nitrogens with zero attached hydrogens (tertiary/aromatic N) is 1. The molecule has 5 nitrogen and oxygen atoms in total. The van der Waals surface area contributed by atoms with Crippen LogP contribution in [0.3, 0.4) is 0 Å². The Balaban J connectivity index is 1.31. The number of rotatable bonds is 3. The van der Waals surface area contributed by atoms with Crippen LogP contribution in [-0.4, -0.2) is 59.5 Å². The summed E-state index contributed by atoms with van der Waals surface area (Å²) in [6, 6.07) is 0. The van der Waals surface area contributed by atoms with Crippen molar-refractivity contribution in [1.82, 2.24) is 4.90 Å². The van der Waals surface area contributed by atoms with Gasteiger partial charge in [0.2, 0.25) is 5.91 Å². The summed E-state index contributed by atoms with van der Waals surface area (Å²) in [4.78, 5) is 14.6. The highest BCUT2D eigenvalue weighted by Crippen LogP contribution is 2.62. The quantitative estimate of drug-likeness (QED) is 0.771. The summed E-state index contributed by atoms with van der Waals surface area (Å²) in [5, 5.41) is 10.6. The average Bonchev–Trinajstić information content (AvgIpc) is 2.69. The molecule has 1 N–H and O–H groups in total. The Morgan fingerprint density at radius 2 is 2.15 bits per heavy atom. The first kappa shape index (κ1) is 18.1. The van der Waals surface area contributed by atoms with Crippen LogP contribution in [0.2, 0.25) is 0 Å². The van der Waals surface area contributed by atoms with E-state index in [1.54, 1.807) is 0 Å². The molecule has 2 saturated heterocycles. The van der Waals surface area contributed by atoms with Crippen LogP contribution in [0.4, 0.5) is 0 Å². The molecular formula is C22H33NO4. The fraction of sp³-hybridized carbons (Fsp3) is 0.864. The van der Waals surface area contributed by atoms with Gasteiger partial charge in [0.15, 0.2) is 0 Å². The van der Waals surface area contributed by atoms with Crippen molar-refractivity contribution in [3.05, 3.63) is 11.6 Å². The number of morpholine rings is 1. The maximum absolute atomic E-state index is 12.6. The van der Waals surface area contributed by atoms with E-state index in [2.05, 4.69) is 13.0 Å². The molecule has 27 heavy (non-hydrogen) atoms. The lowest BCUT2D eigenvalue weighted by molar-refractivity contribution is -0.238. The molecule has 4 aliphatic carbocycles. The van der Waals surface area contributed by atoms with Gasteiger partial charge in [-0.15, -0.1) is 0 Å². The molecular weight excluding hydrogens is 342 g/mol. The molecule has 2 heterocycles. The second-order valence-electron chi connectivity index (χ2n) is 9.77. The van der Waals surface area contributed by atoms with E-state index in [1.165, 1.54) is 18.4 Å². The summed E-state index contributed by atoms with van der Waals surface area (Å²) in [7, 11) is 0.